The molecule has 1 rings (SSSR count). The second-order valence-corrected chi connectivity index (χ2v) is 3.98. The Morgan fingerprint density at radius 1 is 1.44 bits per heavy atom. The molecule has 90 valence electrons. The fourth-order valence-electron chi connectivity index (χ4n) is 1.38. The molecule has 1 aromatic rings. The molecule has 0 N–H and O–H groups in total. The molecular weight excluding hydrogens is 247 g/mol. The molecule has 0 amide bonds. The van der Waals surface area contributed by atoms with Gasteiger partial charge in [-0.05, 0) is 19.1 Å². The van der Waals surface area contributed by atoms with Crippen molar-refractivity contribution in [3.05, 3.63) is 22.8 Å². The van der Waals surface area contributed by atoms with Crippen molar-refractivity contribution in [2.45, 2.75) is 12.8 Å². The highest BCUT2D eigenvalue weighted by molar-refractivity contribution is 6.32. The molecule has 0 aliphatic carbocycles. The van der Waals surface area contributed by atoms with Crippen LogP contribution in [0.5, 0.6) is 0 Å². The lowest BCUT2D eigenvalue weighted by atomic mass is 10.3. The van der Waals surface area contributed by atoms with Crippen molar-refractivity contribution in [3.8, 4) is 0 Å². The van der Waals surface area contributed by atoms with Gasteiger partial charge in [0.05, 0.1) is 23.2 Å². The Hall–Kier alpha value is -0.510. The number of ether oxygens (including phenoxy) is 1. The zero-order valence-electron chi connectivity index (χ0n) is 9.54. The molecule has 0 atom stereocenters. The molecule has 0 unspecified atom stereocenters. The first-order valence-electron chi connectivity index (χ1n) is 5.18. The van der Waals surface area contributed by atoms with E-state index in [9.17, 15) is 0 Å². The molecule has 0 spiro atoms. The van der Waals surface area contributed by atoms with Gasteiger partial charge in [-0.1, -0.05) is 11.6 Å². The van der Waals surface area contributed by atoms with Crippen LogP contribution < -0.4 is 4.90 Å². The number of anilines is 1. The lowest BCUT2D eigenvalue weighted by molar-refractivity contribution is 0.205. The normalized spacial score (nSPS) is 10.5. The van der Waals surface area contributed by atoms with Gasteiger partial charge < -0.3 is 9.64 Å². The minimum atomic E-state index is 0.328. The Labute approximate surface area is 106 Å². The number of nitrogens with zero attached hydrogens (tertiary/aromatic N) is 2. The third-order valence-corrected chi connectivity index (χ3v) is 2.90. The van der Waals surface area contributed by atoms with Crippen molar-refractivity contribution >= 4 is 29.0 Å². The minimum Gasteiger partial charge on any atom is -0.383 e. The number of aromatic nitrogens is 1. The van der Waals surface area contributed by atoms with Gasteiger partial charge in [-0.25, -0.2) is 4.98 Å². The second kappa shape index (κ2) is 6.94. The fraction of sp³-hybridized carbons (Fsp3) is 0.545. The fourth-order valence-corrected chi connectivity index (χ4v) is 1.82. The summed E-state index contributed by atoms with van der Waals surface area (Å²) in [5.41, 5.74) is 0.719. The number of pyridine rings is 1. The number of hydrogen-bond donors (Lipinski definition) is 0. The summed E-state index contributed by atoms with van der Waals surface area (Å²) in [6.45, 7) is 4.43. The summed E-state index contributed by atoms with van der Waals surface area (Å²) < 4.78 is 5.05. The molecule has 0 fully saturated rings. The monoisotopic (exact) mass is 262 g/mol. The van der Waals surface area contributed by atoms with E-state index in [1.54, 1.807) is 7.11 Å². The van der Waals surface area contributed by atoms with E-state index in [-0.39, 0.29) is 0 Å². The summed E-state index contributed by atoms with van der Waals surface area (Å²) in [6, 6.07) is 3.73. The van der Waals surface area contributed by atoms with Gasteiger partial charge >= 0.3 is 0 Å². The van der Waals surface area contributed by atoms with E-state index in [0.29, 0.717) is 17.5 Å². The quantitative estimate of drug-likeness (QED) is 0.738. The number of alkyl halides is 1. The van der Waals surface area contributed by atoms with Crippen molar-refractivity contribution in [1.29, 1.82) is 0 Å². The predicted molar refractivity (Wildman–Crippen MR) is 68.6 cm³/mol. The van der Waals surface area contributed by atoms with Crippen LogP contribution in [0.2, 0.25) is 5.02 Å². The van der Waals surface area contributed by atoms with E-state index >= 15 is 0 Å². The van der Waals surface area contributed by atoms with Crippen LogP contribution >= 0.6 is 23.2 Å². The third kappa shape index (κ3) is 3.51. The van der Waals surface area contributed by atoms with Crippen LogP contribution in [0.4, 0.5) is 5.82 Å². The predicted octanol–water partition coefficient (Wildman–Crippen LogP) is 2.95. The van der Waals surface area contributed by atoms with Gasteiger partial charge in [0.1, 0.15) is 5.82 Å². The van der Waals surface area contributed by atoms with E-state index in [2.05, 4.69) is 16.8 Å². The zero-order valence-corrected chi connectivity index (χ0v) is 11.1. The van der Waals surface area contributed by atoms with Crippen LogP contribution in [-0.4, -0.2) is 31.8 Å². The summed E-state index contributed by atoms with van der Waals surface area (Å²) in [5.74, 6) is 1.22. The van der Waals surface area contributed by atoms with Crippen LogP contribution in [0, 0.1) is 0 Å². The van der Waals surface area contributed by atoms with Gasteiger partial charge in [-0.3, -0.25) is 0 Å². The number of methoxy groups -OCH3 is 1. The molecule has 0 aromatic carbocycles. The largest absolute Gasteiger partial charge is 0.383 e. The van der Waals surface area contributed by atoms with Crippen molar-refractivity contribution < 1.29 is 4.74 Å². The van der Waals surface area contributed by atoms with Crippen molar-refractivity contribution in [2.75, 3.05) is 31.7 Å². The first kappa shape index (κ1) is 13.6. The van der Waals surface area contributed by atoms with Crippen molar-refractivity contribution in [2.24, 2.45) is 0 Å². The molecule has 0 bridgehead atoms. The van der Waals surface area contributed by atoms with E-state index in [4.69, 9.17) is 27.9 Å². The second-order valence-electron chi connectivity index (χ2n) is 3.30. The van der Waals surface area contributed by atoms with Crippen molar-refractivity contribution in [1.82, 2.24) is 4.98 Å². The molecule has 1 aromatic heterocycles. The van der Waals surface area contributed by atoms with Gasteiger partial charge in [-0.2, -0.15) is 0 Å². The number of hydrogen-bond acceptors (Lipinski definition) is 3. The lowest BCUT2D eigenvalue weighted by Gasteiger charge is -2.22. The maximum Gasteiger partial charge on any atom is 0.129 e. The SMILES string of the molecule is CCN(CCOC)c1ccc(Cl)c(CCl)n1. The van der Waals surface area contributed by atoms with Gasteiger partial charge in [0.15, 0.2) is 0 Å². The number of halogens is 2. The van der Waals surface area contributed by atoms with Crippen LogP contribution in [-0.2, 0) is 10.6 Å². The molecule has 0 aliphatic heterocycles. The van der Waals surface area contributed by atoms with Crippen molar-refractivity contribution in [3.63, 3.8) is 0 Å². The van der Waals surface area contributed by atoms with E-state index in [1.165, 1.54) is 0 Å². The smallest absolute Gasteiger partial charge is 0.129 e. The minimum absolute atomic E-state index is 0.328. The van der Waals surface area contributed by atoms with E-state index in [0.717, 1.165) is 24.6 Å². The standard InChI is InChI=1S/C11H16Cl2N2O/c1-3-15(6-7-16-2)11-5-4-9(13)10(8-12)14-11/h4-5H,3,6-8H2,1-2H3. The summed E-state index contributed by atoms with van der Waals surface area (Å²) >= 11 is 11.7. The Bertz CT molecular complexity index is 334. The van der Waals surface area contributed by atoms with Crippen LogP contribution in [0.1, 0.15) is 12.6 Å². The average Bonchev–Trinajstić information content (AvgIpc) is 2.32. The highest BCUT2D eigenvalue weighted by atomic mass is 35.5. The molecule has 5 heteroatoms. The Kier molecular flexibility index (Phi) is 5.88. The highest BCUT2D eigenvalue weighted by Crippen LogP contribution is 2.20. The highest BCUT2D eigenvalue weighted by Gasteiger charge is 2.08. The molecule has 0 saturated carbocycles. The maximum atomic E-state index is 5.96. The third-order valence-electron chi connectivity index (χ3n) is 2.30. The Morgan fingerprint density at radius 3 is 2.75 bits per heavy atom. The van der Waals surface area contributed by atoms with Crippen LogP contribution in [0.15, 0.2) is 12.1 Å². The van der Waals surface area contributed by atoms with E-state index in [1.807, 2.05) is 12.1 Å². The Morgan fingerprint density at radius 2 is 2.19 bits per heavy atom. The summed E-state index contributed by atoms with van der Waals surface area (Å²) in [5, 5.41) is 0.613. The molecule has 0 radical (unpaired) electrons. The summed E-state index contributed by atoms with van der Waals surface area (Å²) in [6.07, 6.45) is 0. The number of likely N-dealkylation sites (N-methyl/N-ethyl adjacent to an activating group) is 1. The Balaban J connectivity index is 2.83. The average molecular weight is 263 g/mol. The first-order chi connectivity index (χ1) is 7.72. The molecule has 3 nitrogen and oxygen atoms in total. The summed E-state index contributed by atoms with van der Waals surface area (Å²) in [7, 11) is 1.69. The first-order valence-corrected chi connectivity index (χ1v) is 6.09. The van der Waals surface area contributed by atoms with E-state index < -0.39 is 0 Å². The van der Waals surface area contributed by atoms with Gasteiger partial charge in [0.2, 0.25) is 0 Å². The maximum absolute atomic E-state index is 5.96. The summed E-state index contributed by atoms with van der Waals surface area (Å²) in [4.78, 5) is 6.54. The molecule has 1 heterocycles. The zero-order chi connectivity index (χ0) is 12.0. The topological polar surface area (TPSA) is 25.4 Å². The van der Waals surface area contributed by atoms with Gasteiger partial charge in [0, 0.05) is 20.2 Å². The number of rotatable bonds is 6. The van der Waals surface area contributed by atoms with Crippen LogP contribution in [0.3, 0.4) is 0 Å². The lowest BCUT2D eigenvalue weighted by Crippen LogP contribution is -2.27. The van der Waals surface area contributed by atoms with Gasteiger partial charge in [-0.15, -0.1) is 11.6 Å². The molecule has 0 aliphatic rings. The molecular formula is C11H16Cl2N2O. The van der Waals surface area contributed by atoms with Gasteiger partial charge in [0.25, 0.3) is 0 Å². The molecule has 0 saturated heterocycles. The van der Waals surface area contributed by atoms with Crippen LogP contribution in [0.25, 0.3) is 0 Å². The molecule has 16 heavy (non-hydrogen) atoms.